The molecule has 1 heterocycles. The molecule has 1 nitrogen and oxygen atoms in total. The molecule has 0 unspecified atom stereocenters. The Hall–Kier alpha value is -0.800. The summed E-state index contributed by atoms with van der Waals surface area (Å²) in [6.45, 7) is 0. The number of ether oxygens (including phenoxy) is 1. The van der Waals surface area contributed by atoms with Gasteiger partial charge in [0.1, 0.15) is 0 Å². The van der Waals surface area contributed by atoms with Crippen molar-refractivity contribution in [2.45, 2.75) is 0 Å². The minimum atomic E-state index is -0.491. The topological polar surface area (TPSA) is 9.23 Å². The molecule has 13 heavy (non-hydrogen) atoms. The fourth-order valence-corrected chi connectivity index (χ4v) is 2.31. The lowest BCUT2D eigenvalue weighted by atomic mass is 10.2. The van der Waals surface area contributed by atoms with Crippen LogP contribution < -0.4 is 4.74 Å². The largest absolute Gasteiger partial charge is 0.493 e. The molecule has 2 rings (SSSR count). The first kappa shape index (κ1) is 8.78. The fourth-order valence-electron chi connectivity index (χ4n) is 1.23. The number of rotatable bonds is 1. The number of fused-ring (bicyclic) bond motifs is 1. The van der Waals surface area contributed by atoms with Gasteiger partial charge >= 0.3 is 0 Å². The Bertz CT molecular complexity index is 452. The molecule has 0 aliphatic heterocycles. The maximum atomic E-state index is 13.4. The first-order valence-electron chi connectivity index (χ1n) is 3.63. The number of hydrogen-bond donors (Lipinski definition) is 0. The summed E-state index contributed by atoms with van der Waals surface area (Å²) in [7, 11) is 1.44. The molecule has 0 amide bonds. The van der Waals surface area contributed by atoms with Crippen LogP contribution in [0.3, 0.4) is 0 Å². The summed E-state index contributed by atoms with van der Waals surface area (Å²) in [5.74, 6) is -0.265. The molecule has 0 fully saturated rings. The van der Waals surface area contributed by atoms with Crippen molar-refractivity contribution >= 4 is 33.0 Å². The van der Waals surface area contributed by atoms with Crippen LogP contribution in [-0.2, 0) is 0 Å². The standard InChI is InChI=1S/C9H6ClFOS/c1-12-9-5-2-3-13-7(5)4-6(10)8(9)11/h2-4H,1H3. The lowest BCUT2D eigenvalue weighted by molar-refractivity contribution is 0.392. The van der Waals surface area contributed by atoms with Crippen LogP contribution in [0.2, 0.25) is 5.02 Å². The van der Waals surface area contributed by atoms with Crippen molar-refractivity contribution in [3.8, 4) is 5.75 Å². The maximum absolute atomic E-state index is 13.4. The minimum Gasteiger partial charge on any atom is -0.493 e. The highest BCUT2D eigenvalue weighted by molar-refractivity contribution is 7.17. The Labute approximate surface area is 83.7 Å². The third-order valence-electron chi connectivity index (χ3n) is 1.81. The Morgan fingerprint density at radius 1 is 1.54 bits per heavy atom. The van der Waals surface area contributed by atoms with Gasteiger partial charge in [0.05, 0.1) is 12.1 Å². The van der Waals surface area contributed by atoms with Crippen molar-refractivity contribution in [3.05, 3.63) is 28.4 Å². The van der Waals surface area contributed by atoms with E-state index in [1.165, 1.54) is 18.4 Å². The van der Waals surface area contributed by atoms with Gasteiger partial charge < -0.3 is 4.74 Å². The first-order chi connectivity index (χ1) is 6.24. The number of benzene rings is 1. The molecule has 0 spiro atoms. The third kappa shape index (κ3) is 1.28. The van der Waals surface area contributed by atoms with Gasteiger partial charge in [-0.3, -0.25) is 0 Å². The molecule has 0 radical (unpaired) electrons. The van der Waals surface area contributed by atoms with Crippen molar-refractivity contribution in [2.75, 3.05) is 7.11 Å². The Balaban J connectivity index is 2.87. The van der Waals surface area contributed by atoms with Gasteiger partial charge in [0.25, 0.3) is 0 Å². The Kier molecular flexibility index (Phi) is 2.14. The first-order valence-corrected chi connectivity index (χ1v) is 4.89. The molecule has 2 aromatic rings. The van der Waals surface area contributed by atoms with Crippen molar-refractivity contribution in [3.63, 3.8) is 0 Å². The van der Waals surface area contributed by atoms with Gasteiger partial charge in [0, 0.05) is 10.1 Å². The van der Waals surface area contributed by atoms with Gasteiger partial charge in [0.2, 0.25) is 0 Å². The highest BCUT2D eigenvalue weighted by Crippen LogP contribution is 2.36. The van der Waals surface area contributed by atoms with Crippen LogP contribution in [0.25, 0.3) is 10.1 Å². The second-order valence-corrected chi connectivity index (χ2v) is 3.89. The molecule has 0 saturated heterocycles. The SMILES string of the molecule is COc1c(F)c(Cl)cc2sccc12. The summed E-state index contributed by atoms with van der Waals surface area (Å²) in [5, 5.41) is 2.75. The Morgan fingerprint density at radius 3 is 3.00 bits per heavy atom. The molecule has 0 N–H and O–H groups in total. The van der Waals surface area contributed by atoms with Gasteiger partial charge in [-0.1, -0.05) is 11.6 Å². The fraction of sp³-hybridized carbons (Fsp3) is 0.111. The van der Waals surface area contributed by atoms with Gasteiger partial charge in [-0.25, -0.2) is 4.39 Å². The molecule has 1 aromatic heterocycles. The Morgan fingerprint density at radius 2 is 2.31 bits per heavy atom. The summed E-state index contributed by atoms with van der Waals surface area (Å²) >= 11 is 7.19. The van der Waals surface area contributed by atoms with E-state index >= 15 is 0 Å². The molecule has 0 saturated carbocycles. The zero-order valence-corrected chi connectivity index (χ0v) is 8.38. The average molecular weight is 217 g/mol. The van der Waals surface area contributed by atoms with Crippen molar-refractivity contribution < 1.29 is 9.13 Å². The van der Waals surface area contributed by atoms with Crippen LogP contribution in [0.1, 0.15) is 0 Å². The van der Waals surface area contributed by atoms with E-state index in [-0.39, 0.29) is 10.8 Å². The van der Waals surface area contributed by atoms with E-state index in [1.54, 1.807) is 6.07 Å². The van der Waals surface area contributed by atoms with Crippen LogP contribution >= 0.6 is 22.9 Å². The molecule has 0 atom stereocenters. The predicted octanol–water partition coefficient (Wildman–Crippen LogP) is 3.70. The maximum Gasteiger partial charge on any atom is 0.184 e. The van der Waals surface area contributed by atoms with Crippen LogP contribution in [0.15, 0.2) is 17.5 Å². The second-order valence-electron chi connectivity index (χ2n) is 2.54. The molecular weight excluding hydrogens is 211 g/mol. The average Bonchev–Trinajstić information content (AvgIpc) is 2.54. The van der Waals surface area contributed by atoms with Crippen LogP contribution in [0.5, 0.6) is 5.75 Å². The van der Waals surface area contributed by atoms with E-state index in [0.29, 0.717) is 0 Å². The summed E-state index contributed by atoms with van der Waals surface area (Å²) in [5.41, 5.74) is 0. The molecular formula is C9H6ClFOS. The normalized spacial score (nSPS) is 10.7. The molecule has 4 heteroatoms. The van der Waals surface area contributed by atoms with E-state index in [1.807, 2.05) is 11.4 Å². The van der Waals surface area contributed by atoms with Gasteiger partial charge in [-0.05, 0) is 17.5 Å². The van der Waals surface area contributed by atoms with Gasteiger partial charge in [0.15, 0.2) is 11.6 Å². The summed E-state index contributed by atoms with van der Waals surface area (Å²) in [4.78, 5) is 0. The van der Waals surface area contributed by atoms with E-state index in [0.717, 1.165) is 10.1 Å². The van der Waals surface area contributed by atoms with Crippen LogP contribution in [0.4, 0.5) is 4.39 Å². The smallest absolute Gasteiger partial charge is 0.184 e. The zero-order valence-electron chi connectivity index (χ0n) is 6.80. The molecule has 1 aromatic carbocycles. The number of hydrogen-bond acceptors (Lipinski definition) is 2. The van der Waals surface area contributed by atoms with Crippen molar-refractivity contribution in [1.82, 2.24) is 0 Å². The number of halogens is 2. The minimum absolute atomic E-state index is 0.104. The quantitative estimate of drug-likeness (QED) is 0.706. The molecule has 0 aliphatic rings. The summed E-state index contributed by atoms with van der Waals surface area (Å²) in [6, 6.07) is 3.43. The van der Waals surface area contributed by atoms with Crippen molar-refractivity contribution in [1.29, 1.82) is 0 Å². The monoisotopic (exact) mass is 216 g/mol. The van der Waals surface area contributed by atoms with Gasteiger partial charge in [-0.15, -0.1) is 11.3 Å². The van der Waals surface area contributed by atoms with E-state index in [9.17, 15) is 4.39 Å². The van der Waals surface area contributed by atoms with Gasteiger partial charge in [-0.2, -0.15) is 0 Å². The molecule has 0 bridgehead atoms. The van der Waals surface area contributed by atoms with Crippen LogP contribution in [-0.4, -0.2) is 7.11 Å². The molecule has 0 aliphatic carbocycles. The zero-order chi connectivity index (χ0) is 9.42. The molecule has 68 valence electrons. The lowest BCUT2D eigenvalue weighted by Crippen LogP contribution is -1.88. The highest BCUT2D eigenvalue weighted by atomic mass is 35.5. The second kappa shape index (κ2) is 3.16. The number of methoxy groups -OCH3 is 1. The summed E-state index contributed by atoms with van der Waals surface area (Å²) < 4.78 is 19.2. The lowest BCUT2D eigenvalue weighted by Gasteiger charge is -2.04. The van der Waals surface area contributed by atoms with E-state index < -0.39 is 5.82 Å². The van der Waals surface area contributed by atoms with E-state index in [4.69, 9.17) is 16.3 Å². The predicted molar refractivity (Wildman–Crippen MR) is 53.3 cm³/mol. The highest BCUT2D eigenvalue weighted by Gasteiger charge is 2.12. The number of thiophene rings is 1. The van der Waals surface area contributed by atoms with Crippen molar-refractivity contribution in [2.24, 2.45) is 0 Å². The third-order valence-corrected chi connectivity index (χ3v) is 2.95. The van der Waals surface area contributed by atoms with Crippen LogP contribution in [0, 0.1) is 5.82 Å². The van der Waals surface area contributed by atoms with E-state index in [2.05, 4.69) is 0 Å². The summed E-state index contributed by atoms with van der Waals surface area (Å²) in [6.07, 6.45) is 0.